The van der Waals surface area contributed by atoms with Gasteiger partial charge in [0.05, 0.1) is 11.1 Å². The molecule has 1 spiro atoms. The van der Waals surface area contributed by atoms with Crippen molar-refractivity contribution in [2.75, 3.05) is 5.32 Å². The third-order valence-electron chi connectivity index (χ3n) is 7.45. The zero-order chi connectivity index (χ0) is 22.0. The fourth-order valence-corrected chi connectivity index (χ4v) is 6.11. The lowest BCUT2D eigenvalue weighted by molar-refractivity contribution is 0.763. The number of anilines is 2. The number of nitrogens with one attached hydrogen (secondary N) is 1. The van der Waals surface area contributed by atoms with Gasteiger partial charge in [0.15, 0.2) is 0 Å². The van der Waals surface area contributed by atoms with E-state index in [0.717, 1.165) is 0 Å². The molecule has 5 aromatic carbocycles. The Balaban J connectivity index is 1.66. The summed E-state index contributed by atoms with van der Waals surface area (Å²) in [6.45, 7) is 2.20. The van der Waals surface area contributed by atoms with Crippen molar-refractivity contribution < 1.29 is 0 Å². The average Bonchev–Trinajstić information content (AvgIpc) is 3.16. The zero-order valence-corrected chi connectivity index (χ0v) is 18.5. The van der Waals surface area contributed by atoms with Crippen LogP contribution in [-0.2, 0) is 5.41 Å². The molecule has 1 aliphatic carbocycles. The summed E-state index contributed by atoms with van der Waals surface area (Å²) >= 11 is 0. The predicted molar refractivity (Wildman–Crippen MR) is 137 cm³/mol. The second-order valence-corrected chi connectivity index (χ2v) is 9.05. The molecule has 1 nitrogen and oxygen atoms in total. The van der Waals surface area contributed by atoms with Crippen molar-refractivity contribution in [2.45, 2.75) is 12.3 Å². The monoisotopic (exact) mass is 421 g/mol. The van der Waals surface area contributed by atoms with Gasteiger partial charge in [-0.05, 0) is 57.5 Å². The Morgan fingerprint density at radius 2 is 0.970 bits per heavy atom. The van der Waals surface area contributed by atoms with Crippen LogP contribution in [0.2, 0.25) is 0 Å². The van der Waals surface area contributed by atoms with Gasteiger partial charge < -0.3 is 5.32 Å². The lowest BCUT2D eigenvalue weighted by Crippen LogP contribution is -2.33. The molecule has 1 N–H and O–H groups in total. The Labute approximate surface area is 194 Å². The molecule has 0 unspecified atom stereocenters. The first-order chi connectivity index (χ1) is 16.3. The first-order valence-corrected chi connectivity index (χ1v) is 11.6. The van der Waals surface area contributed by atoms with Gasteiger partial charge >= 0.3 is 0 Å². The fourth-order valence-electron chi connectivity index (χ4n) is 6.11. The van der Waals surface area contributed by atoms with E-state index in [1.165, 1.54) is 61.4 Å². The molecule has 1 heteroatoms. The Hall–Kier alpha value is -4.10. The molecule has 0 atom stereocenters. The standard InChI is InChI=1S/C32H23N/c1-21-11-2-3-12-22(21)25-15-10-19-29-31(25)33-30-20-9-8-18-28(30)32(29)26-16-6-4-13-23(26)24-14-5-7-17-27(24)32/h2-20,33H,1H3. The molecule has 0 saturated heterocycles. The molecule has 33 heavy (non-hydrogen) atoms. The van der Waals surface area contributed by atoms with Crippen LogP contribution in [0.3, 0.4) is 0 Å². The van der Waals surface area contributed by atoms with Crippen molar-refractivity contribution in [1.82, 2.24) is 0 Å². The maximum atomic E-state index is 3.85. The van der Waals surface area contributed by atoms with E-state index in [-0.39, 0.29) is 5.41 Å². The van der Waals surface area contributed by atoms with Crippen molar-refractivity contribution in [2.24, 2.45) is 0 Å². The second kappa shape index (κ2) is 6.70. The lowest BCUT2D eigenvalue weighted by atomic mass is 9.64. The van der Waals surface area contributed by atoms with Gasteiger partial charge in [0.25, 0.3) is 0 Å². The van der Waals surface area contributed by atoms with Crippen LogP contribution < -0.4 is 5.32 Å². The van der Waals surface area contributed by atoms with Gasteiger partial charge in [0.2, 0.25) is 0 Å². The fraction of sp³-hybridized carbons (Fsp3) is 0.0625. The first kappa shape index (κ1) is 18.5. The normalized spacial score (nSPS) is 14.1. The number of para-hydroxylation sites is 2. The molecule has 0 bridgehead atoms. The largest absolute Gasteiger partial charge is 0.354 e. The molecule has 0 fully saturated rings. The lowest BCUT2D eigenvalue weighted by Gasteiger charge is -2.41. The number of benzene rings is 5. The Kier molecular flexibility index (Phi) is 3.75. The van der Waals surface area contributed by atoms with E-state index < -0.39 is 0 Å². The highest BCUT2D eigenvalue weighted by Crippen LogP contribution is 2.61. The highest BCUT2D eigenvalue weighted by Gasteiger charge is 2.50. The summed E-state index contributed by atoms with van der Waals surface area (Å²) in [5, 5.41) is 3.85. The van der Waals surface area contributed by atoms with Crippen LogP contribution in [0, 0.1) is 6.92 Å². The minimum absolute atomic E-state index is 0.344. The van der Waals surface area contributed by atoms with E-state index in [0.29, 0.717) is 0 Å². The molecule has 0 amide bonds. The Bertz CT molecular complexity index is 1510. The van der Waals surface area contributed by atoms with E-state index in [1.807, 2.05) is 0 Å². The number of hydrogen-bond acceptors (Lipinski definition) is 1. The highest BCUT2D eigenvalue weighted by molar-refractivity contribution is 5.96. The summed E-state index contributed by atoms with van der Waals surface area (Å²) in [5.74, 6) is 0. The van der Waals surface area contributed by atoms with Crippen molar-refractivity contribution in [3.63, 3.8) is 0 Å². The van der Waals surface area contributed by atoms with Gasteiger partial charge in [-0.2, -0.15) is 0 Å². The summed E-state index contributed by atoms with van der Waals surface area (Å²) in [5.41, 5.74) is 13.9. The van der Waals surface area contributed by atoms with Crippen molar-refractivity contribution in [3.8, 4) is 22.3 Å². The summed E-state index contributed by atoms with van der Waals surface area (Å²) in [6, 6.07) is 42.2. The van der Waals surface area contributed by atoms with Crippen molar-refractivity contribution in [3.05, 3.63) is 143 Å². The van der Waals surface area contributed by atoms with Gasteiger partial charge in [0, 0.05) is 11.3 Å². The molecule has 156 valence electrons. The number of hydrogen-bond donors (Lipinski definition) is 1. The predicted octanol–water partition coefficient (Wildman–Crippen LogP) is 8.08. The Morgan fingerprint density at radius 3 is 1.67 bits per heavy atom. The van der Waals surface area contributed by atoms with E-state index in [2.05, 4.69) is 128 Å². The SMILES string of the molecule is Cc1ccccc1-c1cccc2c1Nc1ccccc1C21c2ccccc2-c2ccccc21. The summed E-state index contributed by atoms with van der Waals surface area (Å²) in [4.78, 5) is 0. The minimum atomic E-state index is -0.344. The smallest absolute Gasteiger partial charge is 0.0754 e. The molecular formula is C32H23N. The van der Waals surface area contributed by atoms with E-state index >= 15 is 0 Å². The minimum Gasteiger partial charge on any atom is -0.354 e. The quantitative estimate of drug-likeness (QED) is 0.282. The van der Waals surface area contributed by atoms with E-state index in [4.69, 9.17) is 0 Å². The summed E-state index contributed by atoms with van der Waals surface area (Å²) in [6.07, 6.45) is 0. The third-order valence-corrected chi connectivity index (χ3v) is 7.45. The molecule has 1 heterocycles. The van der Waals surface area contributed by atoms with E-state index in [9.17, 15) is 0 Å². The maximum Gasteiger partial charge on any atom is 0.0754 e. The molecule has 0 radical (unpaired) electrons. The number of aryl methyl sites for hydroxylation is 1. The summed E-state index contributed by atoms with van der Waals surface area (Å²) in [7, 11) is 0. The molecule has 2 aliphatic rings. The molecule has 0 saturated carbocycles. The number of rotatable bonds is 1. The van der Waals surface area contributed by atoms with Gasteiger partial charge in [-0.15, -0.1) is 0 Å². The van der Waals surface area contributed by atoms with Gasteiger partial charge in [0.1, 0.15) is 0 Å². The molecule has 7 rings (SSSR count). The van der Waals surface area contributed by atoms with Crippen LogP contribution in [-0.4, -0.2) is 0 Å². The van der Waals surface area contributed by atoms with Gasteiger partial charge in [-0.1, -0.05) is 109 Å². The maximum absolute atomic E-state index is 3.85. The van der Waals surface area contributed by atoms with Crippen LogP contribution in [0.15, 0.2) is 115 Å². The first-order valence-electron chi connectivity index (χ1n) is 11.6. The molecule has 1 aliphatic heterocycles. The van der Waals surface area contributed by atoms with Crippen LogP contribution in [0.5, 0.6) is 0 Å². The van der Waals surface area contributed by atoms with Crippen LogP contribution in [0.25, 0.3) is 22.3 Å². The summed E-state index contributed by atoms with van der Waals surface area (Å²) < 4.78 is 0. The molecule has 0 aromatic heterocycles. The van der Waals surface area contributed by atoms with E-state index in [1.54, 1.807) is 0 Å². The van der Waals surface area contributed by atoms with Crippen molar-refractivity contribution >= 4 is 11.4 Å². The second-order valence-electron chi connectivity index (χ2n) is 9.05. The third kappa shape index (κ3) is 2.32. The van der Waals surface area contributed by atoms with Crippen LogP contribution in [0.4, 0.5) is 11.4 Å². The van der Waals surface area contributed by atoms with Gasteiger partial charge in [-0.3, -0.25) is 0 Å². The average molecular weight is 422 g/mol. The number of fused-ring (bicyclic) bond motifs is 9. The van der Waals surface area contributed by atoms with Crippen molar-refractivity contribution in [1.29, 1.82) is 0 Å². The topological polar surface area (TPSA) is 12.0 Å². The zero-order valence-electron chi connectivity index (χ0n) is 18.5. The van der Waals surface area contributed by atoms with Crippen LogP contribution >= 0.6 is 0 Å². The van der Waals surface area contributed by atoms with Crippen LogP contribution in [0.1, 0.15) is 27.8 Å². The molecular weight excluding hydrogens is 398 g/mol. The molecule has 5 aromatic rings. The van der Waals surface area contributed by atoms with Gasteiger partial charge in [-0.25, -0.2) is 0 Å². The Morgan fingerprint density at radius 1 is 0.455 bits per heavy atom. The highest BCUT2D eigenvalue weighted by atomic mass is 14.9.